The van der Waals surface area contributed by atoms with Crippen molar-refractivity contribution in [1.82, 2.24) is 10.2 Å². The van der Waals surface area contributed by atoms with Crippen LogP contribution in [-0.2, 0) is 16.1 Å². The molecular formula is C18H26N2O3. The molecule has 0 fully saturated rings. The minimum Gasteiger partial charge on any atom is -0.488 e. The number of fused-ring (bicyclic) bond motifs is 1. The third-order valence-corrected chi connectivity index (χ3v) is 4.03. The van der Waals surface area contributed by atoms with E-state index in [1.54, 1.807) is 11.8 Å². The quantitative estimate of drug-likeness (QED) is 0.907. The number of hydrogen-bond acceptors (Lipinski definition) is 3. The third kappa shape index (κ3) is 4.71. The lowest BCUT2D eigenvalue weighted by Crippen LogP contribution is -2.48. The second kappa shape index (κ2) is 7.99. The Hall–Kier alpha value is -2.04. The summed E-state index contributed by atoms with van der Waals surface area (Å²) in [7, 11) is 0. The van der Waals surface area contributed by atoms with Crippen molar-refractivity contribution in [3.63, 3.8) is 0 Å². The van der Waals surface area contributed by atoms with Gasteiger partial charge in [-0.25, -0.2) is 0 Å². The Bertz CT molecular complexity index is 559. The molecule has 0 aliphatic carbocycles. The zero-order valence-corrected chi connectivity index (χ0v) is 14.2. The summed E-state index contributed by atoms with van der Waals surface area (Å²) >= 11 is 0. The van der Waals surface area contributed by atoms with E-state index in [1.165, 1.54) is 6.92 Å². The van der Waals surface area contributed by atoms with Gasteiger partial charge in [-0.1, -0.05) is 31.5 Å². The summed E-state index contributed by atoms with van der Waals surface area (Å²) in [5.41, 5.74) is 1.01. The molecule has 0 saturated heterocycles. The van der Waals surface area contributed by atoms with Gasteiger partial charge < -0.3 is 15.0 Å². The minimum absolute atomic E-state index is 0.00734. The van der Waals surface area contributed by atoms with Gasteiger partial charge in [0.25, 0.3) is 0 Å². The van der Waals surface area contributed by atoms with Crippen molar-refractivity contribution in [1.29, 1.82) is 0 Å². The monoisotopic (exact) mass is 318 g/mol. The first kappa shape index (κ1) is 17.3. The van der Waals surface area contributed by atoms with E-state index in [0.717, 1.165) is 30.6 Å². The number of nitrogens with one attached hydrogen (secondary N) is 1. The van der Waals surface area contributed by atoms with E-state index in [9.17, 15) is 9.59 Å². The van der Waals surface area contributed by atoms with E-state index in [1.807, 2.05) is 24.3 Å². The molecule has 2 amide bonds. The molecule has 1 unspecified atom stereocenters. The van der Waals surface area contributed by atoms with Crippen molar-refractivity contribution in [2.45, 2.75) is 58.7 Å². The molecule has 1 N–H and O–H groups in total. The zero-order chi connectivity index (χ0) is 16.8. The number of ether oxygens (including phenoxy) is 1. The second-order valence-electron chi connectivity index (χ2n) is 6.13. The van der Waals surface area contributed by atoms with Gasteiger partial charge in [-0.3, -0.25) is 9.59 Å². The summed E-state index contributed by atoms with van der Waals surface area (Å²) in [6.45, 7) is 6.36. The number of rotatable bonds is 5. The number of para-hydroxylation sites is 1. The summed E-state index contributed by atoms with van der Waals surface area (Å²) in [6.07, 6.45) is 3.07. The lowest BCUT2D eigenvalue weighted by molar-refractivity contribution is -0.136. The molecule has 1 aromatic rings. The molecule has 2 atom stereocenters. The molecule has 1 aliphatic rings. The number of nitrogens with zero attached hydrogens (tertiary/aromatic N) is 1. The van der Waals surface area contributed by atoms with Gasteiger partial charge in [-0.2, -0.15) is 0 Å². The topological polar surface area (TPSA) is 58.6 Å². The molecule has 5 nitrogen and oxygen atoms in total. The van der Waals surface area contributed by atoms with Gasteiger partial charge >= 0.3 is 0 Å². The number of amides is 2. The fraction of sp³-hybridized carbons (Fsp3) is 0.556. The first-order valence-corrected chi connectivity index (χ1v) is 8.31. The van der Waals surface area contributed by atoms with Crippen LogP contribution in [0.5, 0.6) is 5.75 Å². The van der Waals surface area contributed by atoms with Crippen LogP contribution in [0.4, 0.5) is 0 Å². The zero-order valence-electron chi connectivity index (χ0n) is 14.2. The Kier molecular flexibility index (Phi) is 6.02. The summed E-state index contributed by atoms with van der Waals surface area (Å²) < 4.78 is 6.12. The van der Waals surface area contributed by atoms with Crippen LogP contribution in [0.1, 0.15) is 45.6 Å². The molecular weight excluding hydrogens is 292 g/mol. The van der Waals surface area contributed by atoms with E-state index in [2.05, 4.69) is 12.2 Å². The van der Waals surface area contributed by atoms with Gasteiger partial charge in [-0.15, -0.1) is 0 Å². The van der Waals surface area contributed by atoms with Crippen LogP contribution in [0.15, 0.2) is 24.3 Å². The molecule has 5 heteroatoms. The Morgan fingerprint density at radius 2 is 2.13 bits per heavy atom. The summed E-state index contributed by atoms with van der Waals surface area (Å²) in [5.74, 6) is 0.595. The maximum atomic E-state index is 12.7. The number of carbonyl (C=O) groups is 2. The van der Waals surface area contributed by atoms with Crippen molar-refractivity contribution < 1.29 is 14.3 Å². The lowest BCUT2D eigenvalue weighted by atomic mass is 10.1. The van der Waals surface area contributed by atoms with Crippen LogP contribution in [0.25, 0.3) is 0 Å². The summed E-state index contributed by atoms with van der Waals surface area (Å²) in [5, 5.41) is 2.67. The average Bonchev–Trinajstić information content (AvgIpc) is 2.70. The molecule has 1 aliphatic heterocycles. The normalized spacial score (nSPS) is 18.4. The maximum absolute atomic E-state index is 12.7. The second-order valence-corrected chi connectivity index (χ2v) is 6.13. The molecule has 0 spiro atoms. The average molecular weight is 318 g/mol. The standard InChI is InChI=1S/C18H26N2O3/c1-4-5-9-16-12-20(18(22)13(2)19-14(3)21)11-15-8-6-7-10-17(15)23-16/h6-8,10,13,16H,4-5,9,11-12H2,1-3H3,(H,19,21)/t13-,16?/m0/s1. The molecule has 2 rings (SSSR count). The predicted molar refractivity (Wildman–Crippen MR) is 89.1 cm³/mol. The largest absolute Gasteiger partial charge is 0.488 e. The van der Waals surface area contributed by atoms with Crippen LogP contribution in [0, 0.1) is 0 Å². The van der Waals surface area contributed by atoms with Crippen molar-refractivity contribution in [3.05, 3.63) is 29.8 Å². The van der Waals surface area contributed by atoms with Crippen molar-refractivity contribution in [2.75, 3.05) is 6.54 Å². The highest BCUT2D eigenvalue weighted by Crippen LogP contribution is 2.26. The number of unbranched alkanes of at least 4 members (excludes halogenated alkanes) is 1. The molecule has 23 heavy (non-hydrogen) atoms. The first-order chi connectivity index (χ1) is 11.0. The first-order valence-electron chi connectivity index (χ1n) is 8.31. The van der Waals surface area contributed by atoms with Gasteiger partial charge in [0.05, 0.1) is 6.54 Å². The highest BCUT2D eigenvalue weighted by Gasteiger charge is 2.28. The number of benzene rings is 1. The van der Waals surface area contributed by atoms with Crippen molar-refractivity contribution >= 4 is 11.8 Å². The predicted octanol–water partition coefficient (Wildman–Crippen LogP) is 2.49. The maximum Gasteiger partial charge on any atom is 0.245 e. The summed E-state index contributed by atoms with van der Waals surface area (Å²) in [6, 6.07) is 7.33. The highest BCUT2D eigenvalue weighted by atomic mass is 16.5. The Morgan fingerprint density at radius 3 is 2.83 bits per heavy atom. The van der Waals surface area contributed by atoms with E-state index < -0.39 is 6.04 Å². The SMILES string of the molecule is CCCCC1CN(C(=O)[C@H](C)NC(C)=O)Cc2ccccc2O1. The van der Waals surface area contributed by atoms with Crippen LogP contribution >= 0.6 is 0 Å². The van der Waals surface area contributed by atoms with Gasteiger partial charge in [0.2, 0.25) is 11.8 Å². The fourth-order valence-corrected chi connectivity index (χ4v) is 2.87. The van der Waals surface area contributed by atoms with Gasteiger partial charge in [0.1, 0.15) is 17.9 Å². The van der Waals surface area contributed by atoms with Crippen LogP contribution in [0.2, 0.25) is 0 Å². The molecule has 0 aromatic heterocycles. The van der Waals surface area contributed by atoms with Gasteiger partial charge in [0, 0.05) is 19.0 Å². The van der Waals surface area contributed by atoms with Crippen molar-refractivity contribution in [2.24, 2.45) is 0 Å². The molecule has 1 heterocycles. The highest BCUT2D eigenvalue weighted by molar-refractivity contribution is 5.86. The molecule has 126 valence electrons. The molecule has 1 aromatic carbocycles. The van der Waals surface area contributed by atoms with Gasteiger partial charge in [-0.05, 0) is 25.8 Å². The Balaban J connectivity index is 2.18. The van der Waals surface area contributed by atoms with Crippen LogP contribution in [-0.4, -0.2) is 35.4 Å². The molecule has 0 bridgehead atoms. The van der Waals surface area contributed by atoms with Gasteiger partial charge in [0.15, 0.2) is 0 Å². The lowest BCUT2D eigenvalue weighted by Gasteiger charge is -2.27. The molecule has 0 radical (unpaired) electrons. The van der Waals surface area contributed by atoms with Crippen LogP contribution < -0.4 is 10.1 Å². The third-order valence-electron chi connectivity index (χ3n) is 4.03. The minimum atomic E-state index is -0.524. The van der Waals surface area contributed by atoms with E-state index >= 15 is 0 Å². The Labute approximate surface area is 138 Å². The number of carbonyl (C=O) groups excluding carboxylic acids is 2. The van der Waals surface area contributed by atoms with E-state index in [-0.39, 0.29) is 17.9 Å². The molecule has 0 saturated carbocycles. The van der Waals surface area contributed by atoms with Crippen LogP contribution in [0.3, 0.4) is 0 Å². The Morgan fingerprint density at radius 1 is 1.39 bits per heavy atom. The van der Waals surface area contributed by atoms with E-state index in [0.29, 0.717) is 13.1 Å². The van der Waals surface area contributed by atoms with E-state index in [4.69, 9.17) is 4.74 Å². The smallest absolute Gasteiger partial charge is 0.245 e. The van der Waals surface area contributed by atoms with Crippen molar-refractivity contribution in [3.8, 4) is 5.75 Å². The summed E-state index contributed by atoms with van der Waals surface area (Å²) in [4.78, 5) is 25.7. The fourth-order valence-electron chi connectivity index (χ4n) is 2.87. The number of hydrogen-bond donors (Lipinski definition) is 1.